The first-order valence-corrected chi connectivity index (χ1v) is 17.8. The summed E-state index contributed by atoms with van der Waals surface area (Å²) in [7, 11) is 0. The molecule has 1 amide bonds. The number of halogens is 2. The van der Waals surface area contributed by atoms with Gasteiger partial charge in [-0.1, -0.05) is 138 Å². The van der Waals surface area contributed by atoms with E-state index < -0.39 is 16.6 Å². The summed E-state index contributed by atoms with van der Waals surface area (Å²) in [6, 6.07) is 45.9. The van der Waals surface area contributed by atoms with E-state index in [4.69, 9.17) is 33.4 Å². The summed E-state index contributed by atoms with van der Waals surface area (Å²) in [6.07, 6.45) is 0.765. The second-order valence-corrected chi connectivity index (χ2v) is 14.5. The van der Waals surface area contributed by atoms with Crippen molar-refractivity contribution in [2.75, 3.05) is 23.1 Å². The van der Waals surface area contributed by atoms with Crippen LogP contribution >= 0.6 is 35.0 Å². The van der Waals surface area contributed by atoms with Crippen LogP contribution in [0.5, 0.6) is 0 Å². The van der Waals surface area contributed by atoms with Gasteiger partial charge in [0.15, 0.2) is 5.84 Å². The Labute approximate surface area is 299 Å². The van der Waals surface area contributed by atoms with Gasteiger partial charge < -0.3 is 4.90 Å². The predicted octanol–water partition coefficient (Wildman–Crippen LogP) is 8.47. The maximum atomic E-state index is 15.9. The summed E-state index contributed by atoms with van der Waals surface area (Å²) >= 11 is 15.3. The van der Waals surface area contributed by atoms with E-state index in [1.54, 1.807) is 6.07 Å². The van der Waals surface area contributed by atoms with E-state index in [2.05, 4.69) is 34.2 Å². The normalized spacial score (nSPS) is 24.3. The molecule has 3 atom stereocenters. The third kappa shape index (κ3) is 4.40. The van der Waals surface area contributed by atoms with Crippen LogP contribution in [0.25, 0.3) is 0 Å². The molecule has 9 rings (SSSR count). The first-order valence-electron chi connectivity index (χ1n) is 16.3. The van der Waals surface area contributed by atoms with Crippen molar-refractivity contribution in [1.82, 2.24) is 9.80 Å². The predicted molar refractivity (Wildman–Crippen MR) is 199 cm³/mol. The van der Waals surface area contributed by atoms with Gasteiger partial charge in [-0.2, -0.15) is 10.2 Å². The average Bonchev–Trinajstić information content (AvgIpc) is 3.78. The lowest BCUT2D eigenvalue weighted by Crippen LogP contribution is -2.70. The lowest BCUT2D eigenvalue weighted by molar-refractivity contribution is -0.138. The van der Waals surface area contributed by atoms with Crippen LogP contribution in [-0.4, -0.2) is 50.3 Å². The number of hydrogen-bond acceptors (Lipinski definition) is 7. The number of rotatable bonds is 5. The van der Waals surface area contributed by atoms with Crippen molar-refractivity contribution in [1.29, 1.82) is 0 Å². The quantitative estimate of drug-likeness (QED) is 0.184. The van der Waals surface area contributed by atoms with Crippen molar-refractivity contribution < 1.29 is 4.79 Å². The topological polar surface area (TPSA) is 54.8 Å². The Morgan fingerprint density at radius 1 is 0.653 bits per heavy atom. The van der Waals surface area contributed by atoms with Crippen molar-refractivity contribution in [3.05, 3.63) is 166 Å². The smallest absolute Gasteiger partial charge is 0.265 e. The third-order valence-electron chi connectivity index (χ3n) is 9.74. The van der Waals surface area contributed by atoms with E-state index in [1.165, 1.54) is 11.8 Å². The number of hydrogen-bond donors (Lipinski definition) is 0. The number of nitrogens with zero attached hydrogens (tertiary/aromatic N) is 6. The van der Waals surface area contributed by atoms with Gasteiger partial charge in [-0.05, 0) is 48.4 Å². The number of thioether (sulfide) groups is 1. The highest BCUT2D eigenvalue weighted by molar-refractivity contribution is 8.16. The van der Waals surface area contributed by atoms with Crippen LogP contribution in [0.3, 0.4) is 0 Å². The molecule has 0 aliphatic carbocycles. The van der Waals surface area contributed by atoms with Gasteiger partial charge in [-0.15, -0.1) is 0 Å². The van der Waals surface area contributed by atoms with Gasteiger partial charge in [0.05, 0.1) is 17.3 Å². The Balaban J connectivity index is 1.37. The zero-order valence-corrected chi connectivity index (χ0v) is 28.6. The van der Waals surface area contributed by atoms with E-state index in [0.29, 0.717) is 23.1 Å². The monoisotopic (exact) mass is 700 g/mol. The van der Waals surface area contributed by atoms with Crippen molar-refractivity contribution in [2.24, 2.45) is 10.2 Å². The molecule has 49 heavy (non-hydrogen) atoms. The van der Waals surface area contributed by atoms with Crippen LogP contribution in [-0.2, 0) is 4.79 Å². The molecule has 2 saturated heterocycles. The molecule has 242 valence electrons. The van der Waals surface area contributed by atoms with Gasteiger partial charge in [0, 0.05) is 34.3 Å². The van der Waals surface area contributed by atoms with Gasteiger partial charge in [-0.25, -0.2) is 10.0 Å². The second kappa shape index (κ2) is 11.7. The minimum atomic E-state index is -1.29. The first kappa shape index (κ1) is 30.3. The number of carbonyl (C=O) groups excluding carboxylic acids is 1. The molecule has 0 N–H and O–H groups in total. The molecular weight excluding hydrogens is 671 g/mol. The fraction of sp³-hybridized carbons (Fsp3) is 0.154. The van der Waals surface area contributed by atoms with Crippen molar-refractivity contribution in [3.63, 3.8) is 0 Å². The number of carbonyl (C=O) groups is 1. The van der Waals surface area contributed by atoms with Crippen LogP contribution in [0.15, 0.2) is 150 Å². The molecule has 4 aliphatic rings. The van der Waals surface area contributed by atoms with E-state index in [9.17, 15) is 0 Å². The SMILES string of the molecule is O=C1N2CCCN3C(c4ccccc4)=NN(c4ccccc4)C23C(c2ccc(Cl)cc2Cl)C12SC(c1ccccc1)=NN2c1ccccc1. The Morgan fingerprint density at radius 3 is 1.86 bits per heavy atom. The Kier molecular flexibility index (Phi) is 7.23. The van der Waals surface area contributed by atoms with Crippen LogP contribution in [0.2, 0.25) is 10.0 Å². The molecule has 0 bridgehead atoms. The molecule has 0 saturated carbocycles. The molecule has 2 fully saturated rings. The highest BCUT2D eigenvalue weighted by atomic mass is 35.5. The lowest BCUT2D eigenvalue weighted by Gasteiger charge is -2.53. The van der Waals surface area contributed by atoms with Crippen molar-refractivity contribution in [2.45, 2.75) is 23.0 Å². The minimum Gasteiger partial charge on any atom is -0.312 e. The number of amides is 1. The highest BCUT2D eigenvalue weighted by Crippen LogP contribution is 2.65. The number of amidine groups is 1. The maximum absolute atomic E-state index is 15.9. The maximum Gasteiger partial charge on any atom is 0.265 e. The molecule has 5 aromatic rings. The van der Waals surface area contributed by atoms with Crippen LogP contribution < -0.4 is 10.0 Å². The molecule has 0 radical (unpaired) electrons. The molecule has 0 aromatic heterocycles. The molecule has 2 spiro atoms. The average molecular weight is 702 g/mol. The van der Waals surface area contributed by atoms with E-state index in [1.807, 2.05) is 119 Å². The fourth-order valence-corrected chi connectivity index (χ4v) is 9.84. The van der Waals surface area contributed by atoms with Crippen LogP contribution in [0.1, 0.15) is 29.0 Å². The summed E-state index contributed by atoms with van der Waals surface area (Å²) in [5.74, 6) is -0.992. The Morgan fingerprint density at radius 2 is 1.22 bits per heavy atom. The summed E-state index contributed by atoms with van der Waals surface area (Å²) in [4.78, 5) is 18.9. The van der Waals surface area contributed by atoms with Crippen LogP contribution in [0.4, 0.5) is 11.4 Å². The number of hydrazone groups is 2. The number of anilines is 2. The van der Waals surface area contributed by atoms with Gasteiger partial charge in [0.25, 0.3) is 5.91 Å². The molecule has 10 heteroatoms. The summed E-state index contributed by atoms with van der Waals surface area (Å²) in [5.41, 5.74) is 4.36. The number of para-hydroxylation sites is 2. The summed E-state index contributed by atoms with van der Waals surface area (Å²) < 4.78 is 0. The molecular formula is C39H30Cl2N6OS. The van der Waals surface area contributed by atoms with Gasteiger partial charge >= 0.3 is 0 Å². The molecule has 4 heterocycles. The summed E-state index contributed by atoms with van der Waals surface area (Å²) in [5, 5.41) is 16.5. The second-order valence-electron chi connectivity index (χ2n) is 12.4. The standard InChI is InChI=1S/C39H30Cl2N6OS/c40-29-22-23-32(33(41)26-29)34-38(46(30-18-9-3-10-19-30)43-36(49-38)28-16-7-2-8-17-28)37(48)45-25-13-24-44-35(27-14-5-1-6-15-27)42-47(39(34,44)45)31-20-11-4-12-21-31/h1-12,14-23,26,34H,13,24-25H2. The van der Waals surface area contributed by atoms with Gasteiger partial charge in [0.2, 0.25) is 10.7 Å². The van der Waals surface area contributed by atoms with Crippen molar-refractivity contribution >= 4 is 63.1 Å². The van der Waals surface area contributed by atoms with E-state index in [0.717, 1.165) is 45.4 Å². The largest absolute Gasteiger partial charge is 0.312 e. The van der Waals surface area contributed by atoms with Gasteiger partial charge in [-0.3, -0.25) is 9.69 Å². The third-order valence-corrected chi connectivity index (χ3v) is 11.7. The zero-order valence-electron chi connectivity index (χ0n) is 26.2. The zero-order chi connectivity index (χ0) is 33.2. The van der Waals surface area contributed by atoms with E-state index in [-0.39, 0.29) is 5.91 Å². The molecule has 7 nitrogen and oxygen atoms in total. The Hall–Kier alpha value is -4.76. The van der Waals surface area contributed by atoms with E-state index >= 15 is 4.79 Å². The number of benzene rings is 5. The Bertz CT molecular complexity index is 2120. The minimum absolute atomic E-state index is 0.0535. The van der Waals surface area contributed by atoms with Crippen LogP contribution in [0, 0.1) is 0 Å². The van der Waals surface area contributed by atoms with Gasteiger partial charge in [0.1, 0.15) is 5.04 Å². The molecule has 4 aliphatic heterocycles. The molecule has 5 aromatic carbocycles. The first-order chi connectivity index (χ1) is 24.0. The highest BCUT2D eigenvalue weighted by Gasteiger charge is 2.79. The lowest BCUT2D eigenvalue weighted by atomic mass is 9.84. The fourth-order valence-electron chi connectivity index (χ4n) is 7.82. The summed E-state index contributed by atoms with van der Waals surface area (Å²) in [6.45, 7) is 1.21. The molecule has 3 unspecified atom stereocenters. The van der Waals surface area contributed by atoms with Crippen molar-refractivity contribution in [3.8, 4) is 0 Å².